The Balaban J connectivity index is 1.85. The van der Waals surface area contributed by atoms with Gasteiger partial charge < -0.3 is 0 Å². The van der Waals surface area contributed by atoms with E-state index in [1.54, 1.807) is 6.08 Å². The molecular weight excluding hydrogens is 264 g/mol. The van der Waals surface area contributed by atoms with E-state index in [1.165, 1.54) is 18.5 Å². The zero-order valence-corrected chi connectivity index (χ0v) is 10.6. The third-order valence-corrected chi connectivity index (χ3v) is 2.34. The Hall–Kier alpha value is -2.40. The Kier molecular flexibility index (Phi) is 4.47. The molecule has 0 saturated carbocycles. The van der Waals surface area contributed by atoms with Gasteiger partial charge in [-0.05, 0) is 11.6 Å². The zero-order chi connectivity index (χ0) is 13.5. The van der Waals surface area contributed by atoms with Gasteiger partial charge in [-0.25, -0.2) is 9.97 Å². The number of rotatable bonds is 4. The highest BCUT2D eigenvalue weighted by Gasteiger charge is 1.97. The number of nitrogens with one attached hydrogen (secondary N) is 2. The molecule has 96 valence electrons. The molecule has 0 fully saturated rings. The summed E-state index contributed by atoms with van der Waals surface area (Å²) in [6.07, 6.45) is 5.99. The van der Waals surface area contributed by atoms with Crippen molar-refractivity contribution in [3.05, 3.63) is 59.4 Å². The topological polar surface area (TPSA) is 66.9 Å². The summed E-state index contributed by atoms with van der Waals surface area (Å²) in [4.78, 5) is 19.3. The van der Waals surface area contributed by atoms with Gasteiger partial charge in [-0.2, -0.15) is 0 Å². The Morgan fingerprint density at radius 2 is 1.84 bits per heavy atom. The van der Waals surface area contributed by atoms with Gasteiger partial charge in [0, 0.05) is 6.08 Å². The molecule has 2 aromatic rings. The number of hydrogen-bond donors (Lipinski definition) is 2. The van der Waals surface area contributed by atoms with Crippen molar-refractivity contribution in [1.29, 1.82) is 0 Å². The van der Waals surface area contributed by atoms with Crippen molar-refractivity contribution in [1.82, 2.24) is 15.4 Å². The van der Waals surface area contributed by atoms with E-state index >= 15 is 0 Å². The third-order valence-electron chi connectivity index (χ3n) is 2.14. The monoisotopic (exact) mass is 274 g/mol. The van der Waals surface area contributed by atoms with Crippen LogP contribution < -0.4 is 10.9 Å². The van der Waals surface area contributed by atoms with Crippen LogP contribution in [0.25, 0.3) is 6.08 Å². The fourth-order valence-corrected chi connectivity index (χ4v) is 1.37. The van der Waals surface area contributed by atoms with Crippen LogP contribution in [-0.4, -0.2) is 15.9 Å². The smallest absolute Gasteiger partial charge is 0.262 e. The van der Waals surface area contributed by atoms with Crippen LogP contribution in [0.1, 0.15) is 5.56 Å². The fraction of sp³-hybridized carbons (Fsp3) is 0. The van der Waals surface area contributed by atoms with E-state index in [9.17, 15) is 4.79 Å². The van der Waals surface area contributed by atoms with Crippen LogP contribution in [0, 0.1) is 0 Å². The summed E-state index contributed by atoms with van der Waals surface area (Å²) >= 11 is 5.64. The minimum absolute atomic E-state index is 0.269. The van der Waals surface area contributed by atoms with Crippen molar-refractivity contribution >= 4 is 29.5 Å². The maximum absolute atomic E-state index is 11.5. The quantitative estimate of drug-likeness (QED) is 0.663. The minimum Gasteiger partial charge on any atom is -0.268 e. The van der Waals surface area contributed by atoms with Gasteiger partial charge in [-0.1, -0.05) is 41.9 Å². The van der Waals surface area contributed by atoms with Gasteiger partial charge in [0.25, 0.3) is 5.91 Å². The molecule has 1 aromatic heterocycles. The first kappa shape index (κ1) is 13.0. The fourth-order valence-electron chi connectivity index (χ4n) is 1.27. The van der Waals surface area contributed by atoms with Gasteiger partial charge in [-0.3, -0.25) is 15.6 Å². The normalized spacial score (nSPS) is 10.4. The first-order valence-electron chi connectivity index (χ1n) is 5.51. The van der Waals surface area contributed by atoms with Crippen LogP contribution in [-0.2, 0) is 4.79 Å². The molecule has 0 unspecified atom stereocenters. The lowest BCUT2D eigenvalue weighted by Crippen LogP contribution is -2.28. The van der Waals surface area contributed by atoms with E-state index in [0.29, 0.717) is 5.02 Å². The number of nitrogens with zero attached hydrogens (tertiary/aromatic N) is 2. The molecule has 0 aliphatic heterocycles. The molecule has 19 heavy (non-hydrogen) atoms. The van der Waals surface area contributed by atoms with Crippen LogP contribution in [0.15, 0.2) is 48.8 Å². The van der Waals surface area contributed by atoms with Gasteiger partial charge in [0.05, 0.1) is 17.4 Å². The number of hydrazine groups is 1. The SMILES string of the molecule is O=C(/C=C/c1ccccc1)NNc1ncc(Cl)cn1. The molecular formula is C13H11ClN4O. The number of carbonyl (C=O) groups excluding carboxylic acids is 1. The van der Waals surface area contributed by atoms with Gasteiger partial charge in [0.2, 0.25) is 5.95 Å². The number of hydrogen-bond acceptors (Lipinski definition) is 4. The number of carbonyl (C=O) groups is 1. The van der Waals surface area contributed by atoms with Gasteiger partial charge in [-0.15, -0.1) is 0 Å². The van der Waals surface area contributed by atoms with Crippen LogP contribution in [0.4, 0.5) is 5.95 Å². The van der Waals surface area contributed by atoms with E-state index in [2.05, 4.69) is 20.8 Å². The summed E-state index contributed by atoms with van der Waals surface area (Å²) in [5.74, 6) is -0.0340. The molecule has 2 N–H and O–H groups in total. The first-order valence-corrected chi connectivity index (χ1v) is 5.88. The van der Waals surface area contributed by atoms with E-state index in [4.69, 9.17) is 11.6 Å². The molecule has 0 aliphatic carbocycles. The maximum Gasteiger partial charge on any atom is 0.262 e. The van der Waals surface area contributed by atoms with Crippen LogP contribution in [0.5, 0.6) is 0 Å². The second-order valence-corrected chi connectivity index (χ2v) is 4.02. The van der Waals surface area contributed by atoms with E-state index in [-0.39, 0.29) is 11.9 Å². The number of aromatic nitrogens is 2. The molecule has 0 saturated heterocycles. The second kappa shape index (κ2) is 6.51. The Morgan fingerprint density at radius 3 is 2.53 bits per heavy atom. The molecule has 1 aromatic carbocycles. The van der Waals surface area contributed by atoms with Gasteiger partial charge in [0.15, 0.2) is 0 Å². The molecule has 0 bridgehead atoms. The van der Waals surface area contributed by atoms with Crippen molar-refractivity contribution in [2.24, 2.45) is 0 Å². The average Bonchev–Trinajstić information content (AvgIpc) is 2.45. The predicted molar refractivity (Wildman–Crippen MR) is 74.3 cm³/mol. The van der Waals surface area contributed by atoms with Crippen LogP contribution >= 0.6 is 11.6 Å². The number of halogens is 1. The Labute approximate surface area is 115 Å². The highest BCUT2D eigenvalue weighted by molar-refractivity contribution is 6.30. The van der Waals surface area contributed by atoms with Crippen molar-refractivity contribution in [2.45, 2.75) is 0 Å². The molecule has 1 amide bonds. The average molecular weight is 275 g/mol. The minimum atomic E-state index is -0.303. The molecule has 0 spiro atoms. The predicted octanol–water partition coefficient (Wildman–Crippen LogP) is 2.29. The number of benzene rings is 1. The van der Waals surface area contributed by atoms with Gasteiger partial charge in [0.1, 0.15) is 0 Å². The highest BCUT2D eigenvalue weighted by Crippen LogP contribution is 2.04. The van der Waals surface area contributed by atoms with Crippen LogP contribution in [0.3, 0.4) is 0 Å². The van der Waals surface area contributed by atoms with Crippen LogP contribution in [0.2, 0.25) is 5.02 Å². The molecule has 2 rings (SSSR count). The highest BCUT2D eigenvalue weighted by atomic mass is 35.5. The van der Waals surface area contributed by atoms with E-state index in [0.717, 1.165) is 5.56 Å². The second-order valence-electron chi connectivity index (χ2n) is 3.58. The van der Waals surface area contributed by atoms with E-state index in [1.807, 2.05) is 30.3 Å². The summed E-state index contributed by atoms with van der Waals surface area (Å²) in [6, 6.07) is 9.52. The molecule has 0 atom stereocenters. The number of amides is 1. The Bertz CT molecular complexity index is 569. The molecule has 0 radical (unpaired) electrons. The number of anilines is 1. The Morgan fingerprint density at radius 1 is 1.16 bits per heavy atom. The molecule has 1 heterocycles. The summed E-state index contributed by atoms with van der Waals surface area (Å²) in [6.45, 7) is 0. The summed E-state index contributed by atoms with van der Waals surface area (Å²) in [7, 11) is 0. The summed E-state index contributed by atoms with van der Waals surface area (Å²) in [5, 5.41) is 0.431. The molecule has 6 heteroatoms. The van der Waals surface area contributed by atoms with E-state index < -0.39 is 0 Å². The zero-order valence-electron chi connectivity index (χ0n) is 9.88. The van der Waals surface area contributed by atoms with Crippen molar-refractivity contribution < 1.29 is 4.79 Å². The molecule has 0 aliphatic rings. The first-order chi connectivity index (χ1) is 9.24. The molecule has 5 nitrogen and oxygen atoms in total. The lowest BCUT2D eigenvalue weighted by atomic mass is 10.2. The van der Waals surface area contributed by atoms with Crippen molar-refractivity contribution in [3.63, 3.8) is 0 Å². The summed E-state index contributed by atoms with van der Waals surface area (Å²) < 4.78 is 0. The van der Waals surface area contributed by atoms with Crippen molar-refractivity contribution in [2.75, 3.05) is 5.43 Å². The van der Waals surface area contributed by atoms with Crippen molar-refractivity contribution in [3.8, 4) is 0 Å². The third kappa shape index (κ3) is 4.40. The largest absolute Gasteiger partial charge is 0.268 e. The lowest BCUT2D eigenvalue weighted by molar-refractivity contribution is -0.116. The standard InChI is InChI=1S/C13H11ClN4O/c14-11-8-15-13(16-9-11)18-17-12(19)7-6-10-4-2-1-3-5-10/h1-9H,(H,17,19)(H,15,16,18)/b7-6+. The summed E-state index contributed by atoms with van der Waals surface area (Å²) in [5.41, 5.74) is 5.97. The maximum atomic E-state index is 11.5. The van der Waals surface area contributed by atoms with Gasteiger partial charge >= 0.3 is 0 Å². The lowest BCUT2D eigenvalue weighted by Gasteiger charge is -2.03.